The molecule has 0 aromatic heterocycles. The number of nitrogens with zero attached hydrogens (tertiary/aromatic N) is 1. The average molecular weight is 399 g/mol. The van der Waals surface area contributed by atoms with Crippen molar-refractivity contribution < 1.29 is 22.8 Å². The lowest BCUT2D eigenvalue weighted by molar-refractivity contribution is -0.895. The minimum Gasteiger partial charge on any atom is -0.494 e. The van der Waals surface area contributed by atoms with Crippen LogP contribution in [-0.2, 0) is 14.8 Å². The molecule has 2 rings (SSSR count). The number of piperazine rings is 1. The van der Waals surface area contributed by atoms with E-state index in [1.807, 2.05) is 13.8 Å². The fraction of sp³-hybridized carbons (Fsp3) is 0.632. The van der Waals surface area contributed by atoms with E-state index in [4.69, 9.17) is 4.74 Å². The number of carbonyl (C=O) groups is 1. The van der Waals surface area contributed by atoms with E-state index in [-0.39, 0.29) is 16.8 Å². The quantitative estimate of drug-likeness (QED) is 0.653. The molecule has 8 heteroatoms. The molecule has 1 heterocycles. The molecule has 0 bridgehead atoms. The number of hydrogen-bond donors (Lipinski definition) is 2. The Bertz CT molecular complexity index is 711. The van der Waals surface area contributed by atoms with Crippen molar-refractivity contribution in [3.8, 4) is 5.75 Å². The van der Waals surface area contributed by atoms with Crippen molar-refractivity contribution in [2.75, 3.05) is 39.3 Å². The van der Waals surface area contributed by atoms with Crippen molar-refractivity contribution in [2.45, 2.75) is 38.6 Å². The Morgan fingerprint density at radius 1 is 1.19 bits per heavy atom. The molecule has 0 aliphatic carbocycles. The summed E-state index contributed by atoms with van der Waals surface area (Å²) in [4.78, 5) is 13.5. The molecule has 152 valence electrons. The highest BCUT2D eigenvalue weighted by Crippen LogP contribution is 2.19. The van der Waals surface area contributed by atoms with E-state index in [1.54, 1.807) is 24.3 Å². The maximum atomic E-state index is 12.8. The van der Waals surface area contributed by atoms with Gasteiger partial charge in [-0.25, -0.2) is 8.42 Å². The lowest BCUT2D eigenvalue weighted by Gasteiger charge is -2.31. The van der Waals surface area contributed by atoms with Gasteiger partial charge in [-0.15, -0.1) is 0 Å². The fourth-order valence-electron chi connectivity index (χ4n) is 2.94. The van der Waals surface area contributed by atoms with Gasteiger partial charge >= 0.3 is 0 Å². The highest BCUT2D eigenvalue weighted by Gasteiger charge is 2.31. The molecular weight excluding hydrogens is 366 g/mol. The number of sulfonamides is 1. The normalized spacial score (nSPS) is 17.7. The van der Waals surface area contributed by atoms with Gasteiger partial charge in [0.1, 0.15) is 5.75 Å². The SMILES string of the molecule is CCOc1ccc(S(=O)(=O)N2CC[NH+](CC(=O)N[C@H](C)C(C)C)CC2)cc1. The predicted octanol–water partition coefficient (Wildman–Crippen LogP) is 0.135. The summed E-state index contributed by atoms with van der Waals surface area (Å²) in [5.41, 5.74) is 0. The van der Waals surface area contributed by atoms with Gasteiger partial charge in [-0.2, -0.15) is 4.31 Å². The first-order valence-electron chi connectivity index (χ1n) is 9.60. The number of benzene rings is 1. The number of quaternary nitrogens is 1. The van der Waals surface area contributed by atoms with Crippen molar-refractivity contribution in [3.05, 3.63) is 24.3 Å². The van der Waals surface area contributed by atoms with Crippen molar-refractivity contribution in [3.63, 3.8) is 0 Å². The maximum Gasteiger partial charge on any atom is 0.275 e. The molecular formula is C19H32N3O4S+. The Balaban J connectivity index is 1.89. The van der Waals surface area contributed by atoms with Crippen LogP contribution >= 0.6 is 0 Å². The smallest absolute Gasteiger partial charge is 0.275 e. The van der Waals surface area contributed by atoms with Crippen LogP contribution in [-0.4, -0.2) is 64.0 Å². The van der Waals surface area contributed by atoms with E-state index in [1.165, 1.54) is 4.31 Å². The van der Waals surface area contributed by atoms with E-state index in [2.05, 4.69) is 19.2 Å². The van der Waals surface area contributed by atoms with Crippen LogP contribution in [0.4, 0.5) is 0 Å². The number of nitrogens with one attached hydrogen (secondary N) is 2. The molecule has 0 spiro atoms. The summed E-state index contributed by atoms with van der Waals surface area (Å²) in [5.74, 6) is 1.07. The van der Waals surface area contributed by atoms with Gasteiger partial charge in [0.15, 0.2) is 6.54 Å². The van der Waals surface area contributed by atoms with Crippen LogP contribution in [0.3, 0.4) is 0 Å². The molecule has 2 N–H and O–H groups in total. The highest BCUT2D eigenvalue weighted by molar-refractivity contribution is 7.89. The van der Waals surface area contributed by atoms with E-state index in [0.29, 0.717) is 51.0 Å². The molecule has 1 aromatic rings. The average Bonchev–Trinajstić information content (AvgIpc) is 2.62. The Morgan fingerprint density at radius 2 is 1.78 bits per heavy atom. The Labute approximate surface area is 162 Å². The molecule has 1 saturated heterocycles. The van der Waals surface area contributed by atoms with E-state index >= 15 is 0 Å². The molecule has 0 unspecified atom stereocenters. The van der Waals surface area contributed by atoms with Crippen molar-refractivity contribution in [2.24, 2.45) is 5.92 Å². The minimum atomic E-state index is -3.51. The van der Waals surface area contributed by atoms with Gasteiger partial charge in [-0.3, -0.25) is 4.79 Å². The summed E-state index contributed by atoms with van der Waals surface area (Å²) in [7, 11) is -3.51. The number of hydrogen-bond acceptors (Lipinski definition) is 4. The van der Waals surface area contributed by atoms with Gasteiger partial charge in [-0.05, 0) is 44.0 Å². The second-order valence-electron chi connectivity index (χ2n) is 7.34. The number of amides is 1. The molecule has 0 radical (unpaired) electrons. The third kappa shape index (κ3) is 5.92. The summed E-state index contributed by atoms with van der Waals surface area (Å²) in [6.07, 6.45) is 0. The maximum absolute atomic E-state index is 12.8. The first-order valence-corrected chi connectivity index (χ1v) is 11.0. The number of ether oxygens (including phenoxy) is 1. The van der Waals surface area contributed by atoms with Gasteiger partial charge in [0.05, 0.1) is 37.7 Å². The zero-order valence-electron chi connectivity index (χ0n) is 16.7. The van der Waals surface area contributed by atoms with Gasteiger partial charge in [0.2, 0.25) is 10.0 Å². The van der Waals surface area contributed by atoms with Crippen LogP contribution in [0, 0.1) is 5.92 Å². The number of carbonyl (C=O) groups excluding carboxylic acids is 1. The third-order valence-electron chi connectivity index (χ3n) is 5.00. The monoisotopic (exact) mass is 398 g/mol. The summed E-state index contributed by atoms with van der Waals surface area (Å²) in [6, 6.07) is 6.66. The molecule has 1 aliphatic heterocycles. The molecule has 27 heavy (non-hydrogen) atoms. The highest BCUT2D eigenvalue weighted by atomic mass is 32.2. The van der Waals surface area contributed by atoms with Gasteiger partial charge < -0.3 is 15.0 Å². The predicted molar refractivity (Wildman–Crippen MR) is 104 cm³/mol. The van der Waals surface area contributed by atoms with Crippen molar-refractivity contribution in [1.29, 1.82) is 0 Å². The standard InChI is InChI=1S/C19H31N3O4S/c1-5-26-17-6-8-18(9-7-17)27(24,25)22-12-10-21(11-13-22)14-19(23)20-16(4)15(2)3/h6-9,15-16H,5,10-14H2,1-4H3,(H,20,23)/p+1/t16-/m1/s1. The zero-order chi connectivity index (χ0) is 20.0. The van der Waals surface area contributed by atoms with Crippen molar-refractivity contribution in [1.82, 2.24) is 9.62 Å². The first-order chi connectivity index (χ1) is 12.7. The van der Waals surface area contributed by atoms with Crippen LogP contribution in [0.1, 0.15) is 27.7 Å². The number of rotatable bonds is 8. The van der Waals surface area contributed by atoms with Crippen molar-refractivity contribution >= 4 is 15.9 Å². The second kappa shape index (κ2) is 9.52. The topological polar surface area (TPSA) is 80.2 Å². The zero-order valence-corrected chi connectivity index (χ0v) is 17.5. The Hall–Kier alpha value is -1.64. The van der Waals surface area contributed by atoms with Crippen LogP contribution < -0.4 is 15.0 Å². The first kappa shape index (κ1) is 21.7. The largest absolute Gasteiger partial charge is 0.494 e. The molecule has 1 atom stereocenters. The summed E-state index contributed by atoms with van der Waals surface area (Å²) in [5, 5.41) is 3.01. The Morgan fingerprint density at radius 3 is 2.30 bits per heavy atom. The molecule has 1 fully saturated rings. The van der Waals surface area contributed by atoms with Gasteiger partial charge in [-0.1, -0.05) is 13.8 Å². The molecule has 7 nitrogen and oxygen atoms in total. The summed E-state index contributed by atoms with van der Waals surface area (Å²) >= 11 is 0. The van der Waals surface area contributed by atoms with E-state index < -0.39 is 10.0 Å². The van der Waals surface area contributed by atoms with Crippen LogP contribution in [0.5, 0.6) is 5.75 Å². The molecule has 1 aromatic carbocycles. The second-order valence-corrected chi connectivity index (χ2v) is 9.27. The van der Waals surface area contributed by atoms with E-state index in [0.717, 1.165) is 4.90 Å². The van der Waals surface area contributed by atoms with Crippen LogP contribution in [0.2, 0.25) is 0 Å². The lowest BCUT2D eigenvalue weighted by atomic mass is 10.1. The molecule has 1 aliphatic rings. The molecule has 1 amide bonds. The lowest BCUT2D eigenvalue weighted by Crippen LogP contribution is -3.15. The summed E-state index contributed by atoms with van der Waals surface area (Å²) in [6.45, 7) is 11.0. The van der Waals surface area contributed by atoms with Gasteiger partial charge in [0.25, 0.3) is 5.91 Å². The van der Waals surface area contributed by atoms with E-state index in [9.17, 15) is 13.2 Å². The van der Waals surface area contributed by atoms with Crippen LogP contribution in [0.15, 0.2) is 29.2 Å². The van der Waals surface area contributed by atoms with Crippen LogP contribution in [0.25, 0.3) is 0 Å². The fourth-order valence-corrected chi connectivity index (χ4v) is 4.38. The Kier molecular flexibility index (Phi) is 7.64. The van der Waals surface area contributed by atoms with Gasteiger partial charge in [0, 0.05) is 6.04 Å². The molecule has 0 saturated carbocycles. The summed E-state index contributed by atoms with van der Waals surface area (Å²) < 4.78 is 32.5. The third-order valence-corrected chi connectivity index (χ3v) is 6.91. The minimum absolute atomic E-state index is 0.0222.